The van der Waals surface area contributed by atoms with Gasteiger partial charge in [0.15, 0.2) is 0 Å². The van der Waals surface area contributed by atoms with Crippen LogP contribution in [0.2, 0.25) is 0 Å². The molecule has 152 valence electrons. The Bertz CT molecular complexity index is 996. The summed E-state index contributed by atoms with van der Waals surface area (Å²) in [6, 6.07) is 27.1. The Morgan fingerprint density at radius 2 is 1.60 bits per heavy atom. The van der Waals surface area contributed by atoms with Crippen molar-refractivity contribution in [2.75, 3.05) is 13.7 Å². The summed E-state index contributed by atoms with van der Waals surface area (Å²) in [5.74, 6) is 6.35. The van der Waals surface area contributed by atoms with E-state index in [0.29, 0.717) is 13.0 Å². The average molecular weight is 399 g/mol. The number of hydrogen-bond acceptors (Lipinski definition) is 3. The third kappa shape index (κ3) is 6.83. The molecule has 0 atom stereocenters. The molecule has 0 aliphatic carbocycles. The van der Waals surface area contributed by atoms with Gasteiger partial charge in [-0.2, -0.15) is 0 Å². The first-order valence-corrected chi connectivity index (χ1v) is 10.1. The molecule has 3 aromatic rings. The van der Waals surface area contributed by atoms with Crippen molar-refractivity contribution in [3.8, 4) is 28.7 Å². The molecule has 3 heteroatoms. The fourth-order valence-corrected chi connectivity index (χ4v) is 3.08. The zero-order valence-corrected chi connectivity index (χ0v) is 17.3. The first kappa shape index (κ1) is 21.2. The van der Waals surface area contributed by atoms with Crippen LogP contribution in [0.4, 0.5) is 0 Å². The van der Waals surface area contributed by atoms with Gasteiger partial charge in [0, 0.05) is 6.42 Å². The number of carbonyl (C=O) groups excluding carboxylic acids is 1. The monoisotopic (exact) mass is 398 g/mol. The molecule has 3 aromatic carbocycles. The van der Waals surface area contributed by atoms with E-state index >= 15 is 0 Å². The molecule has 0 heterocycles. The number of rotatable bonds is 8. The molecule has 0 amide bonds. The van der Waals surface area contributed by atoms with Crippen molar-refractivity contribution >= 4 is 5.97 Å². The van der Waals surface area contributed by atoms with Gasteiger partial charge in [-0.3, -0.25) is 4.79 Å². The topological polar surface area (TPSA) is 35.5 Å². The van der Waals surface area contributed by atoms with Gasteiger partial charge >= 0.3 is 5.97 Å². The van der Waals surface area contributed by atoms with Gasteiger partial charge in [-0.1, -0.05) is 78.6 Å². The van der Waals surface area contributed by atoms with Crippen LogP contribution < -0.4 is 4.74 Å². The van der Waals surface area contributed by atoms with Crippen LogP contribution in [-0.2, 0) is 22.4 Å². The van der Waals surface area contributed by atoms with E-state index in [4.69, 9.17) is 4.74 Å². The summed E-state index contributed by atoms with van der Waals surface area (Å²) in [7, 11) is 1.37. The van der Waals surface area contributed by atoms with Crippen LogP contribution in [0.5, 0.6) is 5.75 Å². The fraction of sp³-hybridized carbons (Fsp3) is 0.222. The third-order valence-corrected chi connectivity index (χ3v) is 4.72. The van der Waals surface area contributed by atoms with E-state index in [2.05, 4.69) is 65.1 Å². The van der Waals surface area contributed by atoms with Gasteiger partial charge in [-0.25, -0.2) is 0 Å². The minimum Gasteiger partial charge on any atom is -0.494 e. The highest BCUT2D eigenvalue weighted by molar-refractivity contribution is 5.72. The van der Waals surface area contributed by atoms with Crippen molar-refractivity contribution in [3.63, 3.8) is 0 Å². The van der Waals surface area contributed by atoms with Crippen molar-refractivity contribution in [1.29, 1.82) is 0 Å². The van der Waals surface area contributed by atoms with Crippen LogP contribution in [-0.4, -0.2) is 19.7 Å². The van der Waals surface area contributed by atoms with Crippen LogP contribution in [0.15, 0.2) is 78.9 Å². The number of benzene rings is 3. The van der Waals surface area contributed by atoms with Crippen molar-refractivity contribution < 1.29 is 14.3 Å². The van der Waals surface area contributed by atoms with Crippen LogP contribution >= 0.6 is 0 Å². The summed E-state index contributed by atoms with van der Waals surface area (Å²) in [6.07, 6.45) is 2.64. The lowest BCUT2D eigenvalue weighted by Gasteiger charge is -2.08. The van der Waals surface area contributed by atoms with Crippen LogP contribution in [0.3, 0.4) is 0 Å². The molecule has 0 aliphatic heterocycles. The molecule has 0 fully saturated rings. The van der Waals surface area contributed by atoms with Crippen molar-refractivity contribution in [1.82, 2.24) is 0 Å². The smallest absolute Gasteiger partial charge is 0.317 e. The van der Waals surface area contributed by atoms with Gasteiger partial charge in [0.1, 0.15) is 12.2 Å². The number of ether oxygens (including phenoxy) is 2. The molecule has 0 unspecified atom stereocenters. The highest BCUT2D eigenvalue weighted by atomic mass is 16.5. The number of methoxy groups -OCH3 is 1. The molecular formula is C27H26O3. The summed E-state index contributed by atoms with van der Waals surface area (Å²) in [5, 5.41) is 0. The molecule has 0 bridgehead atoms. The molecule has 0 saturated heterocycles. The fourth-order valence-electron chi connectivity index (χ4n) is 3.08. The minimum atomic E-state index is -0.311. The lowest BCUT2D eigenvalue weighted by molar-refractivity contribution is -0.139. The molecule has 30 heavy (non-hydrogen) atoms. The van der Waals surface area contributed by atoms with Gasteiger partial charge < -0.3 is 9.47 Å². The van der Waals surface area contributed by atoms with E-state index in [-0.39, 0.29) is 12.4 Å². The Labute approximate surface area is 178 Å². The molecule has 3 rings (SSSR count). The van der Waals surface area contributed by atoms with E-state index < -0.39 is 0 Å². The van der Waals surface area contributed by atoms with Crippen molar-refractivity contribution in [2.24, 2.45) is 0 Å². The number of esters is 1. The van der Waals surface area contributed by atoms with E-state index in [1.807, 2.05) is 30.3 Å². The summed E-state index contributed by atoms with van der Waals surface area (Å²) in [6.45, 7) is 0.665. The predicted molar refractivity (Wildman–Crippen MR) is 120 cm³/mol. The van der Waals surface area contributed by atoms with Crippen molar-refractivity contribution in [2.45, 2.75) is 25.7 Å². The Morgan fingerprint density at radius 1 is 0.833 bits per heavy atom. The zero-order chi connectivity index (χ0) is 21.0. The zero-order valence-electron chi connectivity index (χ0n) is 17.3. The molecule has 3 nitrogen and oxygen atoms in total. The predicted octanol–water partition coefficient (Wildman–Crippen LogP) is 5.47. The van der Waals surface area contributed by atoms with Crippen molar-refractivity contribution in [3.05, 3.63) is 90.0 Å². The highest BCUT2D eigenvalue weighted by Crippen LogP contribution is 2.20. The Hall–Kier alpha value is -3.51. The summed E-state index contributed by atoms with van der Waals surface area (Å²) < 4.78 is 10.5. The number of aryl methyl sites for hydroxylation is 1. The summed E-state index contributed by atoms with van der Waals surface area (Å²) in [4.78, 5) is 11.1. The largest absolute Gasteiger partial charge is 0.494 e. The van der Waals surface area contributed by atoms with E-state index in [1.54, 1.807) is 0 Å². The second-order valence-electron chi connectivity index (χ2n) is 6.95. The van der Waals surface area contributed by atoms with Gasteiger partial charge in [-0.15, -0.1) is 0 Å². The quantitative estimate of drug-likeness (QED) is 0.287. The maximum Gasteiger partial charge on any atom is 0.317 e. The second kappa shape index (κ2) is 11.5. The molecule has 0 N–H and O–H groups in total. The molecule has 0 radical (unpaired) electrons. The molecule has 0 spiro atoms. The Balaban J connectivity index is 1.42. The van der Waals surface area contributed by atoms with E-state index in [0.717, 1.165) is 24.2 Å². The van der Waals surface area contributed by atoms with Crippen LogP contribution in [0.1, 0.15) is 24.0 Å². The molecule has 0 saturated carbocycles. The van der Waals surface area contributed by atoms with Crippen LogP contribution in [0.25, 0.3) is 11.1 Å². The van der Waals surface area contributed by atoms with Gasteiger partial charge in [0.05, 0.1) is 13.7 Å². The normalized spacial score (nSPS) is 10.0. The minimum absolute atomic E-state index is 0.124. The highest BCUT2D eigenvalue weighted by Gasteiger charge is 2.00. The second-order valence-corrected chi connectivity index (χ2v) is 6.95. The Kier molecular flexibility index (Phi) is 8.12. The maximum atomic E-state index is 11.1. The lowest BCUT2D eigenvalue weighted by Crippen LogP contribution is -2.00. The lowest BCUT2D eigenvalue weighted by atomic mass is 10.0. The number of hydrogen-bond donors (Lipinski definition) is 0. The van der Waals surface area contributed by atoms with E-state index in [1.165, 1.54) is 23.8 Å². The first-order chi connectivity index (χ1) is 14.7. The Morgan fingerprint density at radius 3 is 2.37 bits per heavy atom. The molecule has 0 aromatic heterocycles. The maximum absolute atomic E-state index is 11.1. The van der Waals surface area contributed by atoms with Gasteiger partial charge in [-0.05, 0) is 47.2 Å². The summed E-state index contributed by atoms with van der Waals surface area (Å²) in [5.41, 5.74) is 4.86. The summed E-state index contributed by atoms with van der Waals surface area (Å²) >= 11 is 0. The van der Waals surface area contributed by atoms with Gasteiger partial charge in [0.25, 0.3) is 0 Å². The average Bonchev–Trinajstić information content (AvgIpc) is 2.81. The third-order valence-electron chi connectivity index (χ3n) is 4.72. The number of carbonyl (C=O) groups is 1. The van der Waals surface area contributed by atoms with Gasteiger partial charge in [0.2, 0.25) is 0 Å². The standard InChI is InChI=1S/C27H26O3/c1-29-27(28)15-6-5-9-23-10-7-14-26(21-23)30-20-8-11-22-16-18-25(19-17-22)24-12-3-2-4-13-24/h2-4,7,10,12-14,16-19,21H,8-9,11,15,20H2,1H3. The molecular weight excluding hydrogens is 372 g/mol. The molecule has 0 aliphatic rings. The van der Waals surface area contributed by atoms with Crippen LogP contribution in [0, 0.1) is 11.8 Å². The SMILES string of the molecule is COC(=O)CC#CCc1cccc(OCCCc2ccc(-c3ccccc3)cc2)c1. The van der Waals surface area contributed by atoms with E-state index in [9.17, 15) is 4.79 Å². The first-order valence-electron chi connectivity index (χ1n) is 10.1.